The summed E-state index contributed by atoms with van der Waals surface area (Å²) < 4.78 is 17.0. The SMILES string of the molecule is O=C(NC1CC2CCC1C2)C1=C[C@@H](c2ccccc2)C[C@@H](OCCOCCO)O1. The van der Waals surface area contributed by atoms with Crippen molar-refractivity contribution in [2.75, 3.05) is 26.4 Å². The van der Waals surface area contributed by atoms with Gasteiger partial charge < -0.3 is 24.6 Å². The molecule has 6 nitrogen and oxygen atoms in total. The topological polar surface area (TPSA) is 77.0 Å². The van der Waals surface area contributed by atoms with Crippen molar-refractivity contribution in [2.45, 2.75) is 50.4 Å². The summed E-state index contributed by atoms with van der Waals surface area (Å²) in [5, 5.41) is 12.0. The van der Waals surface area contributed by atoms with Crippen LogP contribution >= 0.6 is 0 Å². The number of aliphatic hydroxyl groups is 1. The summed E-state index contributed by atoms with van der Waals surface area (Å²) in [7, 11) is 0. The minimum absolute atomic E-state index is 0.00785. The molecule has 0 radical (unpaired) electrons. The number of carbonyl (C=O) groups excluding carboxylic acids is 1. The molecule has 2 aliphatic carbocycles. The summed E-state index contributed by atoms with van der Waals surface area (Å²) in [6.07, 6.45) is 6.95. The van der Waals surface area contributed by atoms with Crippen molar-refractivity contribution in [1.29, 1.82) is 0 Å². The lowest BCUT2D eigenvalue weighted by atomic mass is 9.92. The van der Waals surface area contributed by atoms with E-state index in [0.29, 0.717) is 37.9 Å². The molecule has 0 saturated heterocycles. The standard InChI is InChI=1S/C23H31NO5/c25-8-9-27-10-11-28-22-15-19(17-4-2-1-3-5-17)14-21(29-22)23(26)24-20-13-16-6-7-18(20)12-16/h1-5,14,16,18-20,22,25H,6-13,15H2,(H,24,26)/t16?,18?,19-,20?,22+/m1/s1. The molecule has 4 rings (SSSR count). The summed E-state index contributed by atoms with van der Waals surface area (Å²) in [6.45, 7) is 1.02. The molecule has 2 fully saturated rings. The minimum atomic E-state index is -0.497. The smallest absolute Gasteiger partial charge is 0.286 e. The highest BCUT2D eigenvalue weighted by Gasteiger charge is 2.41. The molecule has 1 aromatic rings. The average molecular weight is 402 g/mol. The van der Waals surface area contributed by atoms with Crippen LogP contribution in [-0.2, 0) is 19.0 Å². The summed E-state index contributed by atoms with van der Waals surface area (Å²) in [4.78, 5) is 13.0. The number of allylic oxidation sites excluding steroid dienone is 1. The van der Waals surface area contributed by atoms with Gasteiger partial charge in [0.05, 0.1) is 26.4 Å². The summed E-state index contributed by atoms with van der Waals surface area (Å²) in [5.74, 6) is 1.68. The van der Waals surface area contributed by atoms with Crippen LogP contribution in [0, 0.1) is 11.8 Å². The van der Waals surface area contributed by atoms with Crippen LogP contribution in [0.15, 0.2) is 42.2 Å². The summed E-state index contributed by atoms with van der Waals surface area (Å²) in [5.41, 5.74) is 1.14. The number of hydrogen-bond donors (Lipinski definition) is 2. The Kier molecular flexibility index (Phi) is 6.85. The Morgan fingerprint density at radius 2 is 1.97 bits per heavy atom. The number of amides is 1. The minimum Gasteiger partial charge on any atom is -0.459 e. The predicted octanol–water partition coefficient (Wildman–Crippen LogP) is 2.73. The van der Waals surface area contributed by atoms with E-state index in [-0.39, 0.29) is 24.5 Å². The van der Waals surface area contributed by atoms with E-state index >= 15 is 0 Å². The third-order valence-corrected chi connectivity index (χ3v) is 6.33. The van der Waals surface area contributed by atoms with Crippen molar-refractivity contribution in [3.05, 3.63) is 47.7 Å². The maximum Gasteiger partial charge on any atom is 0.286 e. The molecule has 29 heavy (non-hydrogen) atoms. The number of carbonyl (C=O) groups is 1. The highest BCUT2D eigenvalue weighted by Crippen LogP contribution is 2.44. The van der Waals surface area contributed by atoms with E-state index in [0.717, 1.165) is 17.9 Å². The Balaban J connectivity index is 1.40. The fourth-order valence-corrected chi connectivity index (χ4v) is 4.92. The molecular formula is C23H31NO5. The van der Waals surface area contributed by atoms with Gasteiger partial charge in [0, 0.05) is 18.4 Å². The Labute approximate surface area is 172 Å². The Morgan fingerprint density at radius 1 is 1.10 bits per heavy atom. The van der Waals surface area contributed by atoms with Gasteiger partial charge in [0.25, 0.3) is 5.91 Å². The molecule has 0 aromatic heterocycles. The second kappa shape index (κ2) is 9.74. The maximum absolute atomic E-state index is 13.0. The third-order valence-electron chi connectivity index (χ3n) is 6.33. The average Bonchev–Trinajstić information content (AvgIpc) is 3.37. The lowest BCUT2D eigenvalue weighted by molar-refractivity contribution is -0.151. The number of fused-ring (bicyclic) bond motifs is 2. The molecule has 2 saturated carbocycles. The molecule has 2 bridgehead atoms. The van der Waals surface area contributed by atoms with Crippen molar-refractivity contribution >= 4 is 5.91 Å². The van der Waals surface area contributed by atoms with Crippen molar-refractivity contribution in [3.63, 3.8) is 0 Å². The van der Waals surface area contributed by atoms with Crippen molar-refractivity contribution in [1.82, 2.24) is 5.32 Å². The fraction of sp³-hybridized carbons (Fsp3) is 0.609. The molecule has 1 aliphatic heterocycles. The molecule has 3 unspecified atom stereocenters. The van der Waals surface area contributed by atoms with Gasteiger partial charge >= 0.3 is 0 Å². The van der Waals surface area contributed by atoms with Gasteiger partial charge in [0.1, 0.15) is 0 Å². The van der Waals surface area contributed by atoms with Gasteiger partial charge in [-0.15, -0.1) is 0 Å². The summed E-state index contributed by atoms with van der Waals surface area (Å²) >= 11 is 0. The largest absolute Gasteiger partial charge is 0.459 e. The van der Waals surface area contributed by atoms with Gasteiger partial charge in [-0.05, 0) is 42.7 Å². The number of aliphatic hydroxyl groups excluding tert-OH is 1. The van der Waals surface area contributed by atoms with E-state index in [1.807, 2.05) is 24.3 Å². The van der Waals surface area contributed by atoms with E-state index in [4.69, 9.17) is 19.3 Å². The van der Waals surface area contributed by atoms with Crippen LogP contribution in [0.4, 0.5) is 0 Å². The van der Waals surface area contributed by atoms with E-state index in [2.05, 4.69) is 17.4 Å². The quantitative estimate of drug-likeness (QED) is 0.622. The Morgan fingerprint density at radius 3 is 2.69 bits per heavy atom. The molecular weight excluding hydrogens is 370 g/mol. The summed E-state index contributed by atoms with van der Waals surface area (Å²) in [6, 6.07) is 10.4. The van der Waals surface area contributed by atoms with E-state index in [1.54, 1.807) is 0 Å². The number of benzene rings is 1. The first-order chi connectivity index (χ1) is 14.2. The predicted molar refractivity (Wildman–Crippen MR) is 108 cm³/mol. The van der Waals surface area contributed by atoms with Gasteiger partial charge in [-0.25, -0.2) is 0 Å². The van der Waals surface area contributed by atoms with Crippen LogP contribution < -0.4 is 5.32 Å². The third kappa shape index (κ3) is 5.18. The second-order valence-corrected chi connectivity index (χ2v) is 8.29. The monoisotopic (exact) mass is 401 g/mol. The molecule has 3 aliphatic rings. The molecule has 0 spiro atoms. The van der Waals surface area contributed by atoms with E-state index in [1.165, 1.54) is 19.3 Å². The van der Waals surface area contributed by atoms with Crippen LogP contribution in [0.2, 0.25) is 0 Å². The second-order valence-electron chi connectivity index (χ2n) is 8.29. The first-order valence-corrected chi connectivity index (χ1v) is 10.8. The zero-order chi connectivity index (χ0) is 20.1. The van der Waals surface area contributed by atoms with Crippen molar-refractivity contribution in [2.24, 2.45) is 11.8 Å². The van der Waals surface area contributed by atoms with Crippen molar-refractivity contribution in [3.8, 4) is 0 Å². The van der Waals surface area contributed by atoms with Crippen LogP contribution in [-0.4, -0.2) is 49.8 Å². The van der Waals surface area contributed by atoms with Gasteiger partial charge in [-0.1, -0.05) is 36.8 Å². The molecule has 158 valence electrons. The lowest BCUT2D eigenvalue weighted by Crippen LogP contribution is -2.41. The fourth-order valence-electron chi connectivity index (χ4n) is 4.92. The van der Waals surface area contributed by atoms with E-state index < -0.39 is 6.29 Å². The first-order valence-electron chi connectivity index (χ1n) is 10.8. The van der Waals surface area contributed by atoms with Gasteiger partial charge in [-0.2, -0.15) is 0 Å². The Hall–Kier alpha value is -1.89. The highest BCUT2D eigenvalue weighted by molar-refractivity contribution is 5.92. The molecule has 6 heteroatoms. The maximum atomic E-state index is 13.0. The zero-order valence-electron chi connectivity index (χ0n) is 16.8. The molecule has 5 atom stereocenters. The van der Waals surface area contributed by atoms with Crippen LogP contribution in [0.5, 0.6) is 0 Å². The number of ether oxygens (including phenoxy) is 3. The van der Waals surface area contributed by atoms with Crippen molar-refractivity contribution < 1.29 is 24.1 Å². The van der Waals surface area contributed by atoms with Gasteiger partial charge in [-0.3, -0.25) is 4.79 Å². The van der Waals surface area contributed by atoms with Gasteiger partial charge in [0.15, 0.2) is 5.76 Å². The van der Waals surface area contributed by atoms with E-state index in [9.17, 15) is 4.79 Å². The normalized spacial score (nSPS) is 30.7. The highest BCUT2D eigenvalue weighted by atomic mass is 16.7. The number of hydrogen-bond acceptors (Lipinski definition) is 5. The molecule has 1 amide bonds. The molecule has 2 N–H and O–H groups in total. The van der Waals surface area contributed by atoms with Crippen LogP contribution in [0.1, 0.15) is 43.6 Å². The molecule has 1 heterocycles. The lowest BCUT2D eigenvalue weighted by Gasteiger charge is -2.30. The Bertz CT molecular complexity index is 706. The van der Waals surface area contributed by atoms with Gasteiger partial charge in [0.2, 0.25) is 6.29 Å². The number of rotatable bonds is 9. The zero-order valence-corrected chi connectivity index (χ0v) is 16.8. The van der Waals surface area contributed by atoms with Crippen LogP contribution in [0.3, 0.4) is 0 Å². The number of nitrogens with one attached hydrogen (secondary N) is 1. The van der Waals surface area contributed by atoms with Crippen LogP contribution in [0.25, 0.3) is 0 Å². The molecule has 1 aromatic carbocycles. The first kappa shape index (κ1) is 20.4.